The van der Waals surface area contributed by atoms with Crippen LogP contribution in [-0.4, -0.2) is 20.8 Å². The molecule has 4 aromatic rings. The van der Waals surface area contributed by atoms with E-state index in [9.17, 15) is 14.4 Å². The number of ether oxygens (including phenoxy) is 1. The number of aryl methyl sites for hydroxylation is 1. The molecule has 0 spiro atoms. The highest BCUT2D eigenvalue weighted by Crippen LogP contribution is 2.34. The van der Waals surface area contributed by atoms with E-state index < -0.39 is 11.2 Å². The molecule has 0 radical (unpaired) electrons. The molecule has 1 N–H and O–H groups in total. The first-order valence-electron chi connectivity index (χ1n) is 10.5. The van der Waals surface area contributed by atoms with E-state index in [2.05, 4.69) is 5.32 Å². The summed E-state index contributed by atoms with van der Waals surface area (Å²) < 4.78 is 9.48. The number of hydrogen-bond donors (Lipinski definition) is 1. The largest absolute Gasteiger partial charge is 0.495 e. The third kappa shape index (κ3) is 3.52. The number of para-hydroxylation sites is 2. The van der Waals surface area contributed by atoms with Crippen LogP contribution in [0, 0.1) is 0 Å². The Morgan fingerprint density at radius 2 is 1.73 bits per heavy atom. The summed E-state index contributed by atoms with van der Waals surface area (Å²) in [6.07, 6.45) is 1.50. The van der Waals surface area contributed by atoms with Gasteiger partial charge in [0.2, 0.25) is 0 Å². The zero-order valence-electron chi connectivity index (χ0n) is 18.0. The molecule has 168 valence electrons. The van der Waals surface area contributed by atoms with Gasteiger partial charge in [0, 0.05) is 29.9 Å². The number of methoxy groups -OCH3 is 1. The van der Waals surface area contributed by atoms with Gasteiger partial charge in [-0.25, -0.2) is 9.36 Å². The minimum atomic E-state index is -0.502. The predicted molar refractivity (Wildman–Crippen MR) is 129 cm³/mol. The van der Waals surface area contributed by atoms with Crippen LogP contribution in [0.2, 0.25) is 5.02 Å². The summed E-state index contributed by atoms with van der Waals surface area (Å²) in [5, 5.41) is 3.97. The van der Waals surface area contributed by atoms with Crippen LogP contribution < -0.4 is 26.9 Å². The molecular weight excluding hydrogens is 444 g/mol. The quantitative estimate of drug-likeness (QED) is 0.487. The van der Waals surface area contributed by atoms with E-state index in [1.54, 1.807) is 55.6 Å². The maximum absolute atomic E-state index is 13.6. The molecule has 0 unspecified atom stereocenters. The van der Waals surface area contributed by atoms with Crippen molar-refractivity contribution in [3.63, 3.8) is 0 Å². The van der Waals surface area contributed by atoms with E-state index in [1.807, 2.05) is 0 Å². The van der Waals surface area contributed by atoms with Gasteiger partial charge >= 0.3 is 5.69 Å². The van der Waals surface area contributed by atoms with Crippen molar-refractivity contribution >= 4 is 34.0 Å². The van der Waals surface area contributed by atoms with Crippen molar-refractivity contribution in [1.82, 2.24) is 13.7 Å². The Morgan fingerprint density at radius 3 is 2.39 bits per heavy atom. The van der Waals surface area contributed by atoms with Gasteiger partial charge in [0.1, 0.15) is 16.8 Å². The highest BCUT2D eigenvalue weighted by Gasteiger charge is 2.31. The van der Waals surface area contributed by atoms with Crippen LogP contribution in [0.1, 0.15) is 18.9 Å². The Balaban J connectivity index is 1.92. The number of fused-ring (bicyclic) bond motifs is 1. The highest BCUT2D eigenvalue weighted by molar-refractivity contribution is 6.30. The molecule has 0 aliphatic heterocycles. The van der Waals surface area contributed by atoms with Gasteiger partial charge in [0.15, 0.2) is 0 Å². The molecular formula is C24H21ClN4O4. The minimum Gasteiger partial charge on any atom is -0.495 e. The van der Waals surface area contributed by atoms with Crippen LogP contribution in [0.4, 0.5) is 11.4 Å². The van der Waals surface area contributed by atoms with Crippen LogP contribution in [-0.2, 0) is 7.05 Å². The number of anilines is 2. The first kappa shape index (κ1) is 21.1. The number of rotatable bonds is 5. The molecule has 2 heterocycles. The Morgan fingerprint density at radius 1 is 1.03 bits per heavy atom. The van der Waals surface area contributed by atoms with Crippen molar-refractivity contribution in [2.24, 2.45) is 7.05 Å². The van der Waals surface area contributed by atoms with Gasteiger partial charge in [-0.1, -0.05) is 23.7 Å². The van der Waals surface area contributed by atoms with Gasteiger partial charge in [0.05, 0.1) is 18.5 Å². The Hall–Kier alpha value is -3.78. The van der Waals surface area contributed by atoms with Crippen molar-refractivity contribution in [2.45, 2.75) is 18.9 Å². The van der Waals surface area contributed by atoms with Crippen molar-refractivity contribution < 1.29 is 4.74 Å². The van der Waals surface area contributed by atoms with Crippen molar-refractivity contribution in [1.29, 1.82) is 0 Å². The van der Waals surface area contributed by atoms with Gasteiger partial charge in [0.25, 0.3) is 11.1 Å². The lowest BCUT2D eigenvalue weighted by atomic mass is 10.2. The maximum atomic E-state index is 13.6. The normalized spacial score (nSPS) is 13.3. The summed E-state index contributed by atoms with van der Waals surface area (Å²) in [7, 11) is 3.05. The number of nitrogens with one attached hydrogen (secondary N) is 1. The summed E-state index contributed by atoms with van der Waals surface area (Å²) in [5.41, 5.74) is 0.303. The van der Waals surface area contributed by atoms with Crippen LogP contribution >= 0.6 is 11.6 Å². The molecule has 8 nitrogen and oxygen atoms in total. The van der Waals surface area contributed by atoms with Crippen molar-refractivity contribution in [3.05, 3.63) is 90.8 Å². The number of nitrogens with zero attached hydrogens (tertiary/aromatic N) is 3. The van der Waals surface area contributed by atoms with E-state index in [0.29, 0.717) is 27.8 Å². The van der Waals surface area contributed by atoms with Crippen LogP contribution in [0.3, 0.4) is 0 Å². The standard InChI is InChI=1S/C24H21ClN4O4/c1-27-20(30)13-17(26-15-9-7-14(25)8-10-15)21-22(27)29(18-5-3-4-6-19(18)33-2)24(32)28(23(21)31)16-11-12-16/h3-10,13,16,26H,11-12H2,1-2H3. The van der Waals surface area contributed by atoms with Crippen molar-refractivity contribution in [2.75, 3.05) is 12.4 Å². The predicted octanol–water partition coefficient (Wildman–Crippen LogP) is 3.59. The maximum Gasteiger partial charge on any atom is 0.337 e. The molecule has 1 aliphatic carbocycles. The topological polar surface area (TPSA) is 87.3 Å². The lowest BCUT2D eigenvalue weighted by molar-refractivity contribution is 0.412. The lowest BCUT2D eigenvalue weighted by Gasteiger charge is -2.20. The first-order valence-corrected chi connectivity index (χ1v) is 10.9. The van der Waals surface area contributed by atoms with E-state index in [-0.39, 0.29) is 22.6 Å². The van der Waals surface area contributed by atoms with Crippen LogP contribution in [0.15, 0.2) is 69.0 Å². The van der Waals surface area contributed by atoms with Gasteiger partial charge < -0.3 is 10.1 Å². The lowest BCUT2D eigenvalue weighted by Crippen LogP contribution is -2.41. The Bertz CT molecular complexity index is 1560. The second-order valence-electron chi connectivity index (χ2n) is 7.98. The molecule has 1 fully saturated rings. The van der Waals surface area contributed by atoms with E-state index >= 15 is 0 Å². The fourth-order valence-corrected chi connectivity index (χ4v) is 4.16. The summed E-state index contributed by atoms with van der Waals surface area (Å²) in [6, 6.07) is 15.1. The van der Waals surface area contributed by atoms with Gasteiger partial charge in [-0.15, -0.1) is 0 Å². The van der Waals surface area contributed by atoms with Crippen LogP contribution in [0.25, 0.3) is 16.7 Å². The van der Waals surface area contributed by atoms with E-state index in [1.165, 1.54) is 26.9 Å². The van der Waals surface area contributed by atoms with Gasteiger partial charge in [-0.05, 0) is 49.2 Å². The molecule has 0 atom stereocenters. The first-order chi connectivity index (χ1) is 15.9. The molecule has 0 amide bonds. The third-order valence-corrected chi connectivity index (χ3v) is 6.06. The molecule has 1 saturated carbocycles. The highest BCUT2D eigenvalue weighted by atomic mass is 35.5. The fourth-order valence-electron chi connectivity index (χ4n) is 4.04. The molecule has 5 rings (SSSR count). The van der Waals surface area contributed by atoms with E-state index in [0.717, 1.165) is 12.8 Å². The zero-order valence-corrected chi connectivity index (χ0v) is 18.8. The molecule has 2 aromatic heterocycles. The molecule has 33 heavy (non-hydrogen) atoms. The average Bonchev–Trinajstić information content (AvgIpc) is 3.64. The molecule has 1 aliphatic rings. The second-order valence-corrected chi connectivity index (χ2v) is 8.42. The zero-order chi connectivity index (χ0) is 23.3. The summed E-state index contributed by atoms with van der Waals surface area (Å²) in [5.74, 6) is 0.449. The Labute approximate surface area is 193 Å². The Kier molecular flexibility index (Phi) is 5.09. The average molecular weight is 465 g/mol. The minimum absolute atomic E-state index is 0.170. The smallest absolute Gasteiger partial charge is 0.337 e. The number of benzene rings is 2. The van der Waals surface area contributed by atoms with E-state index in [4.69, 9.17) is 16.3 Å². The monoisotopic (exact) mass is 464 g/mol. The number of hydrogen-bond acceptors (Lipinski definition) is 5. The SMILES string of the molecule is COc1ccccc1-n1c(=O)n(C2CC2)c(=O)c2c(Nc3ccc(Cl)cc3)cc(=O)n(C)c21. The van der Waals surface area contributed by atoms with Gasteiger partial charge in [-0.2, -0.15) is 0 Å². The number of pyridine rings is 1. The molecule has 0 saturated heterocycles. The number of aromatic nitrogens is 3. The molecule has 9 heteroatoms. The third-order valence-electron chi connectivity index (χ3n) is 5.81. The second kappa shape index (κ2) is 7.97. The molecule has 2 aromatic carbocycles. The van der Waals surface area contributed by atoms with Gasteiger partial charge in [-0.3, -0.25) is 18.7 Å². The van der Waals surface area contributed by atoms with Crippen LogP contribution in [0.5, 0.6) is 5.75 Å². The summed E-state index contributed by atoms with van der Waals surface area (Å²) >= 11 is 5.99. The summed E-state index contributed by atoms with van der Waals surface area (Å²) in [4.78, 5) is 40.2. The molecule has 0 bridgehead atoms. The van der Waals surface area contributed by atoms with Crippen molar-refractivity contribution in [3.8, 4) is 11.4 Å². The number of halogens is 1. The fraction of sp³-hybridized carbons (Fsp3) is 0.208. The summed E-state index contributed by atoms with van der Waals surface area (Å²) in [6.45, 7) is 0.